The molecule has 2 fully saturated rings. The number of aromatic nitrogens is 3. The van der Waals surface area contributed by atoms with Gasteiger partial charge in [-0.25, -0.2) is 18.4 Å². The highest BCUT2D eigenvalue weighted by Crippen LogP contribution is 2.38. The molecule has 10 nitrogen and oxygen atoms in total. The van der Waals surface area contributed by atoms with Crippen molar-refractivity contribution in [3.8, 4) is 17.1 Å². The minimum atomic E-state index is -4.68. The molecule has 0 amide bonds. The number of hydrogen-bond acceptors (Lipinski definition) is 9. The highest BCUT2D eigenvalue weighted by molar-refractivity contribution is 7.88. The van der Waals surface area contributed by atoms with Crippen LogP contribution in [0.25, 0.3) is 11.3 Å². The summed E-state index contributed by atoms with van der Waals surface area (Å²) in [7, 11) is -3.38. The summed E-state index contributed by atoms with van der Waals surface area (Å²) in [5, 5.41) is 0. The molecule has 180 valence electrons. The Hall–Kier alpha value is -2.71. The number of rotatable bonds is 5. The molecule has 2 aliphatic rings. The fourth-order valence-electron chi connectivity index (χ4n) is 3.69. The van der Waals surface area contributed by atoms with Crippen LogP contribution in [0.15, 0.2) is 18.3 Å². The lowest BCUT2D eigenvalue weighted by molar-refractivity contribution is -0.137. The van der Waals surface area contributed by atoms with E-state index in [1.807, 2.05) is 0 Å². The molecule has 0 aromatic carbocycles. The lowest BCUT2D eigenvalue weighted by Gasteiger charge is -2.27. The fraction of sp³-hybridized carbons (Fsp3) is 0.526. The Bertz CT molecular complexity index is 1120. The van der Waals surface area contributed by atoms with Crippen molar-refractivity contribution >= 4 is 21.8 Å². The second-order valence-corrected chi connectivity index (χ2v) is 9.78. The van der Waals surface area contributed by atoms with E-state index in [0.29, 0.717) is 32.7 Å². The van der Waals surface area contributed by atoms with Crippen LogP contribution in [-0.2, 0) is 20.9 Å². The van der Waals surface area contributed by atoms with E-state index in [-0.39, 0.29) is 42.0 Å². The molecule has 2 saturated heterocycles. The number of nitrogen functional groups attached to an aromatic ring is 1. The summed E-state index contributed by atoms with van der Waals surface area (Å²) in [5.74, 6) is -0.0302. The van der Waals surface area contributed by atoms with Crippen LogP contribution in [0.2, 0.25) is 0 Å². The third kappa shape index (κ3) is 5.45. The molecule has 0 bridgehead atoms. The van der Waals surface area contributed by atoms with Gasteiger partial charge in [0.15, 0.2) is 0 Å². The number of pyridine rings is 1. The summed E-state index contributed by atoms with van der Waals surface area (Å²) in [6.07, 6.45) is -2.61. The van der Waals surface area contributed by atoms with E-state index in [2.05, 4.69) is 15.0 Å². The van der Waals surface area contributed by atoms with Gasteiger partial charge in [0.05, 0.1) is 37.3 Å². The first-order valence-corrected chi connectivity index (χ1v) is 12.0. The van der Waals surface area contributed by atoms with Crippen molar-refractivity contribution in [1.82, 2.24) is 19.3 Å². The molecule has 0 unspecified atom stereocenters. The number of ether oxygens (including phenoxy) is 2. The summed E-state index contributed by atoms with van der Waals surface area (Å²) in [5.41, 5.74) is 4.23. The molecular weight excluding hydrogens is 465 g/mol. The second-order valence-electron chi connectivity index (χ2n) is 7.79. The van der Waals surface area contributed by atoms with Gasteiger partial charge < -0.3 is 20.1 Å². The zero-order valence-electron chi connectivity index (χ0n) is 17.7. The molecule has 0 spiro atoms. The van der Waals surface area contributed by atoms with Crippen LogP contribution in [0.3, 0.4) is 0 Å². The summed E-state index contributed by atoms with van der Waals surface area (Å²) >= 11 is 0. The van der Waals surface area contributed by atoms with E-state index in [1.54, 1.807) is 4.90 Å². The van der Waals surface area contributed by atoms with Gasteiger partial charge in [-0.05, 0) is 12.5 Å². The third-order valence-electron chi connectivity index (χ3n) is 5.36. The van der Waals surface area contributed by atoms with E-state index >= 15 is 0 Å². The Morgan fingerprint density at radius 2 is 1.91 bits per heavy atom. The Morgan fingerprint density at radius 3 is 2.55 bits per heavy atom. The molecule has 4 heterocycles. The Kier molecular flexibility index (Phi) is 6.33. The number of nitrogens with zero attached hydrogens (tertiary/aromatic N) is 5. The monoisotopic (exact) mass is 488 g/mol. The van der Waals surface area contributed by atoms with Gasteiger partial charge in [0.1, 0.15) is 11.9 Å². The number of anilines is 2. The lowest BCUT2D eigenvalue weighted by Crippen LogP contribution is -2.37. The molecule has 0 radical (unpaired) electrons. The van der Waals surface area contributed by atoms with E-state index in [0.717, 1.165) is 18.5 Å². The maximum atomic E-state index is 13.7. The van der Waals surface area contributed by atoms with E-state index < -0.39 is 27.9 Å². The minimum Gasteiger partial charge on any atom is -0.473 e. The van der Waals surface area contributed by atoms with Gasteiger partial charge in [-0.3, -0.25) is 0 Å². The first kappa shape index (κ1) is 23.4. The topological polar surface area (TPSA) is 124 Å². The first-order chi connectivity index (χ1) is 15.5. The summed E-state index contributed by atoms with van der Waals surface area (Å²) in [4.78, 5) is 14.3. The number of sulfonamides is 1. The van der Waals surface area contributed by atoms with Crippen molar-refractivity contribution in [3.05, 3.63) is 23.9 Å². The average Bonchev–Trinajstić information content (AvgIpc) is 3.22. The van der Waals surface area contributed by atoms with Gasteiger partial charge in [-0.2, -0.15) is 22.5 Å². The highest BCUT2D eigenvalue weighted by Gasteiger charge is 2.35. The van der Waals surface area contributed by atoms with Crippen LogP contribution >= 0.6 is 0 Å². The van der Waals surface area contributed by atoms with Crippen LogP contribution in [0.5, 0.6) is 5.88 Å². The maximum Gasteiger partial charge on any atom is 0.417 e. The van der Waals surface area contributed by atoms with Gasteiger partial charge in [0.25, 0.3) is 0 Å². The SMILES string of the molecule is CS(=O)(=O)N1CC[C@@H](Oc2cc(-c3cnc(N)cc3C(F)(F)F)nc(N3CCOCC3)n2)C1. The van der Waals surface area contributed by atoms with E-state index in [4.69, 9.17) is 15.2 Å². The molecule has 14 heteroatoms. The summed E-state index contributed by atoms with van der Waals surface area (Å²) in [6.45, 7) is 2.18. The van der Waals surface area contributed by atoms with Crippen LogP contribution < -0.4 is 15.4 Å². The van der Waals surface area contributed by atoms with E-state index in [9.17, 15) is 21.6 Å². The number of hydrogen-bond donors (Lipinski definition) is 1. The van der Waals surface area contributed by atoms with E-state index in [1.165, 1.54) is 10.4 Å². The number of morpholine rings is 1. The average molecular weight is 488 g/mol. The Labute approximate surface area is 188 Å². The van der Waals surface area contributed by atoms with Crippen molar-refractivity contribution in [2.75, 3.05) is 56.3 Å². The van der Waals surface area contributed by atoms with Crippen LogP contribution in [0.1, 0.15) is 12.0 Å². The standard InChI is InChI=1S/C19H23F3N6O4S/c1-33(29,30)28-3-2-12(11-28)32-17-9-15(25-18(26-17)27-4-6-31-7-5-27)13-10-24-16(23)8-14(13)19(20,21)22/h8-10,12H,2-7,11H2,1H3,(H2,23,24)/t12-/m1/s1. The second kappa shape index (κ2) is 8.91. The predicted octanol–water partition coefficient (Wildman–Crippen LogP) is 1.39. The number of alkyl halides is 3. The van der Waals surface area contributed by atoms with Gasteiger partial charge >= 0.3 is 6.18 Å². The third-order valence-corrected chi connectivity index (χ3v) is 6.63. The molecule has 33 heavy (non-hydrogen) atoms. The molecule has 2 N–H and O–H groups in total. The Morgan fingerprint density at radius 1 is 1.18 bits per heavy atom. The smallest absolute Gasteiger partial charge is 0.417 e. The summed E-state index contributed by atoms with van der Waals surface area (Å²) < 4.78 is 77.2. The first-order valence-electron chi connectivity index (χ1n) is 10.2. The molecule has 0 saturated carbocycles. The van der Waals surface area contributed by atoms with Crippen LogP contribution in [0, 0.1) is 0 Å². The molecular formula is C19H23F3N6O4S. The minimum absolute atomic E-state index is 0.0284. The van der Waals surface area contributed by atoms with Gasteiger partial charge in [-0.1, -0.05) is 0 Å². The molecule has 0 aliphatic carbocycles. The maximum absolute atomic E-state index is 13.7. The molecule has 4 rings (SSSR count). The Balaban J connectivity index is 1.72. The van der Waals surface area contributed by atoms with Crippen LogP contribution in [-0.4, -0.2) is 79.4 Å². The predicted molar refractivity (Wildman–Crippen MR) is 113 cm³/mol. The molecule has 1 atom stereocenters. The molecule has 2 aromatic rings. The molecule has 2 aliphatic heterocycles. The fourth-order valence-corrected chi connectivity index (χ4v) is 4.57. The zero-order chi connectivity index (χ0) is 23.8. The number of halogens is 3. The van der Waals surface area contributed by atoms with Crippen molar-refractivity contribution in [1.29, 1.82) is 0 Å². The summed E-state index contributed by atoms with van der Waals surface area (Å²) in [6, 6.07) is 2.06. The highest BCUT2D eigenvalue weighted by atomic mass is 32.2. The van der Waals surface area contributed by atoms with Crippen molar-refractivity contribution < 1.29 is 31.1 Å². The van der Waals surface area contributed by atoms with Gasteiger partial charge in [0.2, 0.25) is 21.9 Å². The lowest BCUT2D eigenvalue weighted by atomic mass is 10.1. The van der Waals surface area contributed by atoms with Crippen LogP contribution in [0.4, 0.5) is 24.9 Å². The van der Waals surface area contributed by atoms with Crippen molar-refractivity contribution in [3.63, 3.8) is 0 Å². The van der Waals surface area contributed by atoms with Crippen molar-refractivity contribution in [2.24, 2.45) is 0 Å². The van der Waals surface area contributed by atoms with Crippen molar-refractivity contribution in [2.45, 2.75) is 18.7 Å². The quantitative estimate of drug-likeness (QED) is 0.665. The molecule has 2 aromatic heterocycles. The largest absolute Gasteiger partial charge is 0.473 e. The number of nitrogens with two attached hydrogens (primary N) is 1. The normalized spacial score (nSPS) is 20.2. The van der Waals surface area contributed by atoms with Gasteiger partial charge in [-0.15, -0.1) is 0 Å². The zero-order valence-corrected chi connectivity index (χ0v) is 18.6. The van der Waals surface area contributed by atoms with Gasteiger partial charge in [0, 0.05) is 37.5 Å².